The van der Waals surface area contributed by atoms with Crippen LogP contribution in [0.5, 0.6) is 5.75 Å². The highest BCUT2D eigenvalue weighted by Crippen LogP contribution is 2.10. The van der Waals surface area contributed by atoms with E-state index < -0.39 is 5.91 Å². The Morgan fingerprint density at radius 2 is 1.67 bits per heavy atom. The summed E-state index contributed by atoms with van der Waals surface area (Å²) in [5.74, 6) is -0.194. The van der Waals surface area contributed by atoms with Gasteiger partial charge in [-0.1, -0.05) is 35.9 Å². The normalized spacial score (nSPS) is 9.71. The number of thiocarbonyl (C=S) groups is 1. The molecule has 0 atom stereocenters. The Morgan fingerprint density at radius 3 is 2.33 bits per heavy atom. The number of hydrogen-bond donors (Lipinski definition) is 3. The van der Waals surface area contributed by atoms with E-state index in [0.29, 0.717) is 11.3 Å². The fraction of sp³-hybridized carbons (Fsp3) is 0.118. The SMILES string of the molecule is Cc1ccc(OCC(=O)NNC(=S)NC(=O)c2ccccc2)cc1. The van der Waals surface area contributed by atoms with Gasteiger partial charge in [-0.3, -0.25) is 25.8 Å². The molecule has 24 heavy (non-hydrogen) atoms. The summed E-state index contributed by atoms with van der Waals surface area (Å²) in [6, 6.07) is 16.0. The van der Waals surface area contributed by atoms with Crippen LogP contribution in [-0.2, 0) is 4.79 Å². The average molecular weight is 343 g/mol. The number of rotatable bonds is 4. The lowest BCUT2D eigenvalue weighted by Gasteiger charge is -2.11. The van der Waals surface area contributed by atoms with Crippen LogP contribution in [0.4, 0.5) is 0 Å². The van der Waals surface area contributed by atoms with Crippen LogP contribution in [0, 0.1) is 6.92 Å². The molecule has 0 aliphatic carbocycles. The predicted molar refractivity (Wildman–Crippen MR) is 94.5 cm³/mol. The summed E-state index contributed by atoms with van der Waals surface area (Å²) >= 11 is 4.94. The Kier molecular flexibility index (Phi) is 6.27. The summed E-state index contributed by atoms with van der Waals surface area (Å²) in [6.45, 7) is 1.79. The maximum Gasteiger partial charge on any atom is 0.276 e. The predicted octanol–water partition coefficient (Wildman–Crippen LogP) is 1.71. The van der Waals surface area contributed by atoms with Gasteiger partial charge in [-0.05, 0) is 43.4 Å². The molecule has 0 radical (unpaired) electrons. The van der Waals surface area contributed by atoms with Crippen LogP contribution < -0.4 is 20.9 Å². The molecule has 0 bridgehead atoms. The highest BCUT2D eigenvalue weighted by molar-refractivity contribution is 7.80. The topological polar surface area (TPSA) is 79.5 Å². The van der Waals surface area contributed by atoms with Gasteiger partial charge in [0.25, 0.3) is 11.8 Å². The number of hydrazine groups is 1. The quantitative estimate of drug-likeness (QED) is 0.582. The fourth-order valence-corrected chi connectivity index (χ4v) is 1.89. The molecular weight excluding hydrogens is 326 g/mol. The van der Waals surface area contributed by atoms with Crippen LogP contribution >= 0.6 is 12.2 Å². The molecule has 0 heterocycles. The van der Waals surface area contributed by atoms with Gasteiger partial charge in [0.05, 0.1) is 0 Å². The van der Waals surface area contributed by atoms with Crippen molar-refractivity contribution < 1.29 is 14.3 Å². The summed E-state index contributed by atoms with van der Waals surface area (Å²) in [6.07, 6.45) is 0. The van der Waals surface area contributed by atoms with Crippen molar-refractivity contribution >= 4 is 29.1 Å². The lowest BCUT2D eigenvalue weighted by Crippen LogP contribution is -2.49. The first-order chi connectivity index (χ1) is 11.5. The largest absolute Gasteiger partial charge is 0.484 e. The third-order valence-corrected chi connectivity index (χ3v) is 3.17. The smallest absolute Gasteiger partial charge is 0.276 e. The summed E-state index contributed by atoms with van der Waals surface area (Å²) in [5.41, 5.74) is 6.37. The zero-order chi connectivity index (χ0) is 17.4. The number of amides is 2. The van der Waals surface area contributed by atoms with Gasteiger partial charge in [-0.15, -0.1) is 0 Å². The second-order valence-electron chi connectivity index (χ2n) is 4.92. The third-order valence-electron chi connectivity index (χ3n) is 2.97. The van der Waals surface area contributed by atoms with E-state index in [9.17, 15) is 9.59 Å². The Balaban J connectivity index is 1.70. The van der Waals surface area contributed by atoms with Crippen LogP contribution in [-0.4, -0.2) is 23.5 Å². The van der Waals surface area contributed by atoms with Gasteiger partial charge in [-0.2, -0.15) is 0 Å². The molecule has 2 aromatic rings. The number of hydrogen-bond acceptors (Lipinski definition) is 4. The van der Waals surface area contributed by atoms with E-state index in [2.05, 4.69) is 16.2 Å². The molecule has 0 fully saturated rings. The van der Waals surface area contributed by atoms with E-state index in [1.807, 2.05) is 25.1 Å². The van der Waals surface area contributed by atoms with E-state index in [1.165, 1.54) is 0 Å². The molecule has 2 rings (SSSR count). The van der Waals surface area contributed by atoms with Crippen molar-refractivity contribution in [1.82, 2.24) is 16.2 Å². The number of carbonyl (C=O) groups excluding carboxylic acids is 2. The molecule has 0 unspecified atom stereocenters. The molecular formula is C17H17N3O3S. The van der Waals surface area contributed by atoms with Gasteiger partial charge < -0.3 is 4.74 Å². The van der Waals surface area contributed by atoms with E-state index in [4.69, 9.17) is 17.0 Å². The summed E-state index contributed by atoms with van der Waals surface area (Å²) in [5, 5.41) is 2.45. The van der Waals surface area contributed by atoms with Crippen molar-refractivity contribution in [2.24, 2.45) is 0 Å². The van der Waals surface area contributed by atoms with E-state index >= 15 is 0 Å². The Labute approximate surface area is 145 Å². The molecule has 7 heteroatoms. The summed E-state index contributed by atoms with van der Waals surface area (Å²) < 4.78 is 5.32. The summed E-state index contributed by atoms with van der Waals surface area (Å²) in [7, 11) is 0. The average Bonchev–Trinajstić information content (AvgIpc) is 2.60. The van der Waals surface area contributed by atoms with Gasteiger partial charge in [0.2, 0.25) is 0 Å². The first-order valence-corrected chi connectivity index (χ1v) is 7.60. The highest BCUT2D eigenvalue weighted by atomic mass is 32.1. The van der Waals surface area contributed by atoms with Gasteiger partial charge in [-0.25, -0.2) is 0 Å². The van der Waals surface area contributed by atoms with Gasteiger partial charge in [0.15, 0.2) is 11.7 Å². The van der Waals surface area contributed by atoms with Crippen LogP contribution in [0.15, 0.2) is 54.6 Å². The number of ether oxygens (including phenoxy) is 1. The third kappa shape index (κ3) is 5.69. The lowest BCUT2D eigenvalue weighted by atomic mass is 10.2. The van der Waals surface area contributed by atoms with Crippen LogP contribution in [0.2, 0.25) is 0 Å². The van der Waals surface area contributed by atoms with Crippen LogP contribution in [0.25, 0.3) is 0 Å². The minimum Gasteiger partial charge on any atom is -0.484 e. The van der Waals surface area contributed by atoms with E-state index in [0.717, 1.165) is 5.56 Å². The molecule has 0 saturated carbocycles. The number of benzene rings is 2. The maximum absolute atomic E-state index is 11.9. The molecule has 0 spiro atoms. The molecule has 2 amide bonds. The number of carbonyl (C=O) groups is 2. The highest BCUT2D eigenvalue weighted by Gasteiger charge is 2.08. The monoisotopic (exact) mass is 343 g/mol. The van der Waals surface area contributed by atoms with Crippen molar-refractivity contribution in [3.05, 3.63) is 65.7 Å². The minimum atomic E-state index is -0.424. The molecule has 3 N–H and O–H groups in total. The fourth-order valence-electron chi connectivity index (χ4n) is 1.74. The molecule has 124 valence electrons. The number of aryl methyl sites for hydroxylation is 1. The zero-order valence-electron chi connectivity index (χ0n) is 13.0. The van der Waals surface area contributed by atoms with Crippen LogP contribution in [0.3, 0.4) is 0 Å². The van der Waals surface area contributed by atoms with Crippen molar-refractivity contribution in [1.29, 1.82) is 0 Å². The summed E-state index contributed by atoms with van der Waals surface area (Å²) in [4.78, 5) is 23.5. The minimum absolute atomic E-state index is 0.00691. The molecule has 6 nitrogen and oxygen atoms in total. The molecule has 0 saturated heterocycles. The van der Waals surface area contributed by atoms with Gasteiger partial charge in [0, 0.05) is 5.56 Å². The zero-order valence-corrected chi connectivity index (χ0v) is 13.9. The number of nitrogens with one attached hydrogen (secondary N) is 3. The Hall–Kier alpha value is -2.93. The Morgan fingerprint density at radius 1 is 1.00 bits per heavy atom. The Bertz CT molecular complexity index is 718. The molecule has 0 aliphatic rings. The van der Waals surface area contributed by atoms with Crippen molar-refractivity contribution in [3.8, 4) is 5.75 Å². The van der Waals surface area contributed by atoms with Crippen LogP contribution in [0.1, 0.15) is 15.9 Å². The van der Waals surface area contributed by atoms with Gasteiger partial charge >= 0.3 is 0 Å². The van der Waals surface area contributed by atoms with E-state index in [-0.39, 0.29) is 17.6 Å². The second-order valence-corrected chi connectivity index (χ2v) is 5.33. The molecule has 0 aliphatic heterocycles. The maximum atomic E-state index is 11.9. The standard InChI is InChI=1S/C17H17N3O3S/c1-12-7-9-14(10-8-12)23-11-15(21)19-20-17(24)18-16(22)13-5-3-2-4-6-13/h2-10H,11H2,1H3,(H,19,21)(H2,18,20,22,24). The van der Waals surface area contributed by atoms with Crippen molar-refractivity contribution in [3.63, 3.8) is 0 Å². The molecule has 2 aromatic carbocycles. The lowest BCUT2D eigenvalue weighted by molar-refractivity contribution is -0.123. The molecule has 0 aromatic heterocycles. The first kappa shape index (κ1) is 17.4. The first-order valence-electron chi connectivity index (χ1n) is 7.19. The van der Waals surface area contributed by atoms with Crippen molar-refractivity contribution in [2.45, 2.75) is 6.92 Å². The van der Waals surface area contributed by atoms with E-state index in [1.54, 1.807) is 36.4 Å². The van der Waals surface area contributed by atoms with Crippen molar-refractivity contribution in [2.75, 3.05) is 6.61 Å². The second kappa shape index (κ2) is 8.64. The van der Waals surface area contributed by atoms with Gasteiger partial charge in [0.1, 0.15) is 5.75 Å².